The molecule has 2 aliphatic heterocycles. The third-order valence-electron chi connectivity index (χ3n) is 3.45. The first kappa shape index (κ1) is 11.0. The van der Waals surface area contributed by atoms with Crippen molar-refractivity contribution in [1.82, 2.24) is 4.90 Å². The summed E-state index contributed by atoms with van der Waals surface area (Å²) in [7, 11) is 0. The van der Waals surface area contributed by atoms with Gasteiger partial charge in [0.1, 0.15) is 0 Å². The van der Waals surface area contributed by atoms with Crippen molar-refractivity contribution in [2.24, 2.45) is 0 Å². The molecule has 2 aliphatic rings. The third kappa shape index (κ3) is 1.83. The predicted octanol–water partition coefficient (Wildman–Crippen LogP) is 1.64. The van der Waals surface area contributed by atoms with Crippen LogP contribution in [-0.4, -0.2) is 30.5 Å². The van der Waals surface area contributed by atoms with Gasteiger partial charge in [-0.3, -0.25) is 4.79 Å². The number of hydrogen-bond donors (Lipinski definition) is 1. The fraction of sp³-hybridized carbons (Fsp3) is 0.583. The number of likely N-dealkylation sites (tertiary alicyclic amines) is 1. The van der Waals surface area contributed by atoms with Gasteiger partial charge in [0, 0.05) is 18.0 Å². The Bertz CT molecular complexity index is 450. The number of amides is 1. The van der Waals surface area contributed by atoms with Crippen LogP contribution in [0.25, 0.3) is 0 Å². The fourth-order valence-electron chi connectivity index (χ4n) is 2.57. The maximum absolute atomic E-state index is 12.4. The zero-order valence-electron chi connectivity index (χ0n) is 9.70. The SMILES string of the molecule is Nc1sc2c(c1C(=O)N1CCCC1)CCOC2. The molecule has 3 rings (SSSR count). The Morgan fingerprint density at radius 1 is 1.35 bits per heavy atom. The molecule has 0 saturated carbocycles. The van der Waals surface area contributed by atoms with Crippen molar-refractivity contribution in [2.75, 3.05) is 25.4 Å². The summed E-state index contributed by atoms with van der Waals surface area (Å²) in [5.74, 6) is 0.124. The highest BCUT2D eigenvalue weighted by molar-refractivity contribution is 7.16. The van der Waals surface area contributed by atoms with E-state index in [1.807, 2.05) is 4.90 Å². The van der Waals surface area contributed by atoms with Crippen LogP contribution >= 0.6 is 11.3 Å². The number of nitrogen functional groups attached to an aromatic ring is 1. The van der Waals surface area contributed by atoms with Crippen molar-refractivity contribution >= 4 is 22.2 Å². The molecule has 0 aromatic carbocycles. The number of nitrogens with zero attached hydrogens (tertiary/aromatic N) is 1. The van der Waals surface area contributed by atoms with Crippen LogP contribution in [-0.2, 0) is 17.8 Å². The van der Waals surface area contributed by atoms with Crippen molar-refractivity contribution in [3.05, 3.63) is 16.0 Å². The zero-order chi connectivity index (χ0) is 11.8. The van der Waals surface area contributed by atoms with Crippen LogP contribution in [0.5, 0.6) is 0 Å². The number of carbonyl (C=O) groups excluding carboxylic acids is 1. The molecule has 0 aliphatic carbocycles. The minimum atomic E-state index is 0.124. The van der Waals surface area contributed by atoms with Crippen molar-refractivity contribution in [3.63, 3.8) is 0 Å². The first-order valence-electron chi connectivity index (χ1n) is 6.04. The minimum absolute atomic E-state index is 0.124. The van der Waals surface area contributed by atoms with Gasteiger partial charge < -0.3 is 15.4 Å². The maximum atomic E-state index is 12.4. The lowest BCUT2D eigenvalue weighted by Crippen LogP contribution is -2.29. The van der Waals surface area contributed by atoms with Gasteiger partial charge >= 0.3 is 0 Å². The second-order valence-corrected chi connectivity index (χ2v) is 5.68. The number of thiophene rings is 1. The van der Waals surface area contributed by atoms with Crippen LogP contribution in [0.4, 0.5) is 5.00 Å². The molecular formula is C12H16N2O2S. The Labute approximate surface area is 104 Å². The number of fused-ring (bicyclic) bond motifs is 1. The quantitative estimate of drug-likeness (QED) is 0.826. The van der Waals surface area contributed by atoms with Crippen LogP contribution in [0.2, 0.25) is 0 Å². The maximum Gasteiger partial charge on any atom is 0.257 e. The Morgan fingerprint density at radius 2 is 2.12 bits per heavy atom. The van der Waals surface area contributed by atoms with Crippen molar-refractivity contribution in [1.29, 1.82) is 0 Å². The lowest BCUT2D eigenvalue weighted by atomic mass is 10.0. The van der Waals surface area contributed by atoms with Crippen molar-refractivity contribution in [2.45, 2.75) is 25.9 Å². The number of hydrogen-bond acceptors (Lipinski definition) is 4. The van der Waals surface area contributed by atoms with Gasteiger partial charge in [0.25, 0.3) is 5.91 Å². The molecule has 92 valence electrons. The summed E-state index contributed by atoms with van der Waals surface area (Å²) < 4.78 is 5.40. The Hall–Kier alpha value is -1.07. The van der Waals surface area contributed by atoms with Gasteiger partial charge in [0.05, 0.1) is 23.8 Å². The van der Waals surface area contributed by atoms with Gasteiger partial charge in [0.15, 0.2) is 0 Å². The van der Waals surface area contributed by atoms with E-state index in [1.54, 1.807) is 0 Å². The van der Waals surface area contributed by atoms with E-state index in [1.165, 1.54) is 11.3 Å². The molecule has 1 aromatic rings. The lowest BCUT2D eigenvalue weighted by Gasteiger charge is -2.18. The zero-order valence-corrected chi connectivity index (χ0v) is 10.5. The van der Waals surface area contributed by atoms with Gasteiger partial charge in [-0.05, 0) is 24.8 Å². The fourth-order valence-corrected chi connectivity index (χ4v) is 3.61. The van der Waals surface area contributed by atoms with Crippen molar-refractivity contribution in [3.8, 4) is 0 Å². The molecule has 0 atom stereocenters. The molecule has 2 N–H and O–H groups in total. The number of rotatable bonds is 1. The van der Waals surface area contributed by atoms with Crippen LogP contribution < -0.4 is 5.73 Å². The summed E-state index contributed by atoms with van der Waals surface area (Å²) in [5, 5.41) is 0.664. The van der Waals surface area contributed by atoms with E-state index in [0.29, 0.717) is 18.2 Å². The lowest BCUT2D eigenvalue weighted by molar-refractivity contribution is 0.0788. The largest absolute Gasteiger partial charge is 0.390 e. The molecule has 0 radical (unpaired) electrons. The first-order valence-corrected chi connectivity index (χ1v) is 6.86. The Balaban J connectivity index is 1.96. The normalized spacial score (nSPS) is 19.4. The molecule has 17 heavy (non-hydrogen) atoms. The summed E-state index contributed by atoms with van der Waals surface area (Å²) in [6.45, 7) is 3.06. The molecule has 3 heterocycles. The molecule has 4 nitrogen and oxygen atoms in total. The molecule has 5 heteroatoms. The van der Waals surface area contributed by atoms with Gasteiger partial charge in [-0.2, -0.15) is 0 Å². The van der Waals surface area contributed by atoms with Gasteiger partial charge in [-0.25, -0.2) is 0 Å². The molecular weight excluding hydrogens is 236 g/mol. The smallest absolute Gasteiger partial charge is 0.257 e. The summed E-state index contributed by atoms with van der Waals surface area (Å²) in [6.07, 6.45) is 3.04. The van der Waals surface area contributed by atoms with E-state index in [9.17, 15) is 4.79 Å². The summed E-state index contributed by atoms with van der Waals surface area (Å²) in [6, 6.07) is 0. The first-order chi connectivity index (χ1) is 8.27. The number of carbonyl (C=O) groups is 1. The monoisotopic (exact) mass is 252 g/mol. The standard InChI is InChI=1S/C12H16N2O2S/c13-11-10(12(15)14-4-1-2-5-14)8-3-6-16-7-9(8)17-11/h1-7,13H2. The number of ether oxygens (including phenoxy) is 1. The van der Waals surface area contributed by atoms with Gasteiger partial charge in [-0.1, -0.05) is 0 Å². The van der Waals surface area contributed by atoms with Crippen LogP contribution in [0, 0.1) is 0 Å². The third-order valence-corrected chi connectivity index (χ3v) is 4.49. The van der Waals surface area contributed by atoms with Gasteiger partial charge in [-0.15, -0.1) is 11.3 Å². The molecule has 1 fully saturated rings. The van der Waals surface area contributed by atoms with Gasteiger partial charge in [0.2, 0.25) is 0 Å². The van der Waals surface area contributed by atoms with E-state index < -0.39 is 0 Å². The van der Waals surface area contributed by atoms with Crippen LogP contribution in [0.3, 0.4) is 0 Å². The van der Waals surface area contributed by atoms with E-state index in [2.05, 4.69) is 0 Å². The molecule has 0 spiro atoms. The Morgan fingerprint density at radius 3 is 2.88 bits per heavy atom. The molecule has 1 aromatic heterocycles. The average Bonchev–Trinajstić information content (AvgIpc) is 2.94. The molecule has 0 unspecified atom stereocenters. The van der Waals surface area contributed by atoms with E-state index >= 15 is 0 Å². The molecule has 1 saturated heterocycles. The van der Waals surface area contributed by atoms with E-state index in [-0.39, 0.29) is 5.91 Å². The molecule has 1 amide bonds. The highest BCUT2D eigenvalue weighted by Gasteiger charge is 2.28. The summed E-state index contributed by atoms with van der Waals surface area (Å²) >= 11 is 1.51. The molecule has 0 bridgehead atoms. The highest BCUT2D eigenvalue weighted by Crippen LogP contribution is 2.35. The second-order valence-electron chi connectivity index (χ2n) is 4.54. The Kier molecular flexibility index (Phi) is 2.80. The van der Waals surface area contributed by atoms with Crippen LogP contribution in [0.1, 0.15) is 33.6 Å². The van der Waals surface area contributed by atoms with E-state index in [4.69, 9.17) is 10.5 Å². The predicted molar refractivity (Wildman–Crippen MR) is 67.2 cm³/mol. The topological polar surface area (TPSA) is 55.6 Å². The van der Waals surface area contributed by atoms with Crippen LogP contribution in [0.15, 0.2) is 0 Å². The minimum Gasteiger partial charge on any atom is -0.390 e. The number of nitrogens with two attached hydrogens (primary N) is 1. The number of anilines is 1. The second kappa shape index (κ2) is 4.31. The van der Waals surface area contributed by atoms with E-state index in [0.717, 1.165) is 48.4 Å². The average molecular weight is 252 g/mol. The summed E-state index contributed by atoms with van der Waals surface area (Å²) in [4.78, 5) is 15.5. The summed E-state index contributed by atoms with van der Waals surface area (Å²) in [5.41, 5.74) is 7.90. The van der Waals surface area contributed by atoms with Crippen molar-refractivity contribution < 1.29 is 9.53 Å². The highest BCUT2D eigenvalue weighted by atomic mass is 32.1.